The summed E-state index contributed by atoms with van der Waals surface area (Å²) in [5.41, 5.74) is 4.37. The van der Waals surface area contributed by atoms with Crippen LogP contribution in [0.15, 0.2) is 0 Å². The number of Topliss-reactive ketones (excluding diaryl/α,β-unsaturated/α-hetero) is 1. The fourth-order valence-electron chi connectivity index (χ4n) is 4.22. The lowest BCUT2D eigenvalue weighted by Gasteiger charge is -2.36. The molecule has 12 heteroatoms. The molecule has 1 aliphatic carbocycles. The molecule has 1 saturated heterocycles. The fourth-order valence-corrected chi connectivity index (χ4v) is 4.22. The number of hydrogen-bond acceptors (Lipinski definition) is 5. The highest BCUT2D eigenvalue weighted by Crippen LogP contribution is 2.51. The maximum Gasteiger partial charge on any atom is 0.315 e. The van der Waals surface area contributed by atoms with Gasteiger partial charge in [0, 0.05) is 25.4 Å². The van der Waals surface area contributed by atoms with Gasteiger partial charge in [0.15, 0.2) is 0 Å². The number of carbonyl (C=O) groups excluding carboxylic acids is 5. The van der Waals surface area contributed by atoms with Crippen LogP contribution < -0.4 is 21.7 Å². The van der Waals surface area contributed by atoms with E-state index in [1.165, 1.54) is 4.90 Å². The first-order chi connectivity index (χ1) is 15.6. The highest BCUT2D eigenvalue weighted by Gasteiger charge is 2.58. The molecule has 34 heavy (non-hydrogen) atoms. The number of nitrogens with one attached hydrogen (secondary N) is 3. The highest BCUT2D eigenvalue weighted by molar-refractivity contribution is 6.37. The Morgan fingerprint density at radius 2 is 1.74 bits per heavy atom. The number of carbonyl (C=O) groups is 5. The first kappa shape index (κ1) is 27.5. The molecule has 0 bridgehead atoms. The third-order valence-electron chi connectivity index (χ3n) is 6.33. The summed E-state index contributed by atoms with van der Waals surface area (Å²) in [4.78, 5) is 63.7. The standard InChI is InChI=1S/C22H35F2N5O5/c1-6-26-20(34)28-16(21(3,4)5)19(33)29-8-7-11(2)14(29)18(32)27-13(15(30)17(25)31)9-12-10-22(12,23)24/h11-14,16H,6-10H2,1-5H3,(H2,25,31)(H,27,32)(H2,26,28,34)/t11-,12?,13?,14?,16?/m0/s1. The van der Waals surface area contributed by atoms with Crippen molar-refractivity contribution >= 4 is 29.5 Å². The zero-order valence-electron chi connectivity index (χ0n) is 20.2. The van der Waals surface area contributed by atoms with Gasteiger partial charge in [-0.25, -0.2) is 13.6 Å². The van der Waals surface area contributed by atoms with E-state index < -0.39 is 77.8 Å². The van der Waals surface area contributed by atoms with Crippen molar-refractivity contribution in [1.82, 2.24) is 20.9 Å². The van der Waals surface area contributed by atoms with Gasteiger partial charge in [-0.15, -0.1) is 0 Å². The van der Waals surface area contributed by atoms with E-state index in [4.69, 9.17) is 5.73 Å². The first-order valence-electron chi connectivity index (χ1n) is 11.5. The van der Waals surface area contributed by atoms with Crippen molar-refractivity contribution in [1.29, 1.82) is 0 Å². The van der Waals surface area contributed by atoms with Gasteiger partial charge in [-0.2, -0.15) is 0 Å². The zero-order chi connectivity index (χ0) is 26.0. The Kier molecular flexibility index (Phi) is 8.26. The predicted molar refractivity (Wildman–Crippen MR) is 119 cm³/mol. The smallest absolute Gasteiger partial charge is 0.315 e. The maximum absolute atomic E-state index is 13.5. The van der Waals surface area contributed by atoms with Gasteiger partial charge in [0.1, 0.15) is 12.1 Å². The summed E-state index contributed by atoms with van der Waals surface area (Å²) >= 11 is 0. The number of likely N-dealkylation sites (tertiary alicyclic amines) is 1. The molecule has 5 N–H and O–H groups in total. The maximum atomic E-state index is 13.5. The van der Waals surface area contributed by atoms with Gasteiger partial charge in [-0.1, -0.05) is 27.7 Å². The minimum atomic E-state index is -2.95. The lowest BCUT2D eigenvalue weighted by molar-refractivity contribution is -0.144. The van der Waals surface area contributed by atoms with E-state index in [1.807, 2.05) is 0 Å². The number of amides is 5. The third kappa shape index (κ3) is 6.41. The molecule has 5 atom stereocenters. The molecule has 1 aliphatic heterocycles. The molecule has 0 radical (unpaired) electrons. The van der Waals surface area contributed by atoms with Crippen molar-refractivity contribution in [2.24, 2.45) is 23.0 Å². The van der Waals surface area contributed by atoms with Gasteiger partial charge in [-0.05, 0) is 31.1 Å². The molecule has 5 amide bonds. The van der Waals surface area contributed by atoms with Crippen LogP contribution in [0, 0.1) is 17.3 Å². The Balaban J connectivity index is 2.22. The summed E-state index contributed by atoms with van der Waals surface area (Å²) in [6, 6.07) is -3.98. The van der Waals surface area contributed by atoms with Crippen LogP contribution >= 0.6 is 0 Å². The molecule has 0 spiro atoms. The second-order valence-electron chi connectivity index (χ2n) is 10.2. The van der Waals surface area contributed by atoms with Crippen LogP contribution in [-0.2, 0) is 19.2 Å². The highest BCUT2D eigenvalue weighted by atomic mass is 19.3. The molecule has 2 fully saturated rings. The largest absolute Gasteiger partial charge is 0.363 e. The van der Waals surface area contributed by atoms with Gasteiger partial charge in [0.05, 0.1) is 6.04 Å². The van der Waals surface area contributed by atoms with Crippen molar-refractivity contribution in [2.75, 3.05) is 13.1 Å². The van der Waals surface area contributed by atoms with Crippen molar-refractivity contribution in [2.45, 2.75) is 77.9 Å². The summed E-state index contributed by atoms with van der Waals surface area (Å²) in [5.74, 6) is -8.09. The number of urea groups is 1. The Morgan fingerprint density at radius 3 is 2.21 bits per heavy atom. The molecular formula is C22H35F2N5O5. The Hall–Kier alpha value is -2.79. The summed E-state index contributed by atoms with van der Waals surface area (Å²) in [6.07, 6.45) is -0.371. The second-order valence-corrected chi connectivity index (χ2v) is 10.2. The second kappa shape index (κ2) is 10.2. The summed E-state index contributed by atoms with van der Waals surface area (Å²) in [6.45, 7) is 9.39. The van der Waals surface area contributed by atoms with E-state index in [1.54, 1.807) is 34.6 Å². The average Bonchev–Trinajstić information content (AvgIpc) is 3.12. The number of rotatable bonds is 9. The summed E-state index contributed by atoms with van der Waals surface area (Å²) in [5, 5.41) is 7.62. The number of hydrogen-bond donors (Lipinski definition) is 4. The van der Waals surface area contributed by atoms with Gasteiger partial charge >= 0.3 is 6.03 Å². The SMILES string of the molecule is CCNC(=O)NC(C(=O)N1CC[C@H](C)C1C(=O)NC(CC1CC1(F)F)C(=O)C(N)=O)C(C)(C)C. The van der Waals surface area contributed by atoms with E-state index >= 15 is 0 Å². The topological polar surface area (TPSA) is 151 Å². The van der Waals surface area contributed by atoms with E-state index in [-0.39, 0.29) is 12.5 Å². The number of primary amides is 1. The lowest BCUT2D eigenvalue weighted by Crippen LogP contribution is -2.60. The Morgan fingerprint density at radius 1 is 1.15 bits per heavy atom. The minimum Gasteiger partial charge on any atom is -0.363 e. The molecule has 4 unspecified atom stereocenters. The van der Waals surface area contributed by atoms with Crippen LogP contribution in [0.2, 0.25) is 0 Å². The molecule has 0 aromatic rings. The average molecular weight is 488 g/mol. The molecule has 10 nitrogen and oxygen atoms in total. The van der Waals surface area contributed by atoms with Gasteiger partial charge in [0.25, 0.3) is 11.8 Å². The Labute approximate surface area is 197 Å². The summed E-state index contributed by atoms with van der Waals surface area (Å²) in [7, 11) is 0. The Bertz CT molecular complexity index is 844. The van der Waals surface area contributed by atoms with Crippen LogP contribution in [0.3, 0.4) is 0 Å². The number of ketones is 1. The van der Waals surface area contributed by atoms with Gasteiger partial charge < -0.3 is 26.6 Å². The van der Waals surface area contributed by atoms with Crippen LogP contribution in [0.4, 0.5) is 13.6 Å². The molecule has 2 rings (SSSR count). The molecule has 192 valence electrons. The summed E-state index contributed by atoms with van der Waals surface area (Å²) < 4.78 is 26.8. The normalized spacial score (nSPS) is 25.1. The fraction of sp³-hybridized carbons (Fsp3) is 0.773. The monoisotopic (exact) mass is 487 g/mol. The molecule has 0 aromatic heterocycles. The lowest BCUT2D eigenvalue weighted by atomic mass is 9.85. The van der Waals surface area contributed by atoms with Crippen molar-refractivity contribution in [3.8, 4) is 0 Å². The molecule has 1 heterocycles. The van der Waals surface area contributed by atoms with E-state index in [9.17, 15) is 32.8 Å². The molecular weight excluding hydrogens is 452 g/mol. The van der Waals surface area contributed by atoms with Crippen molar-refractivity contribution < 1.29 is 32.8 Å². The van der Waals surface area contributed by atoms with Gasteiger partial charge in [0.2, 0.25) is 17.6 Å². The van der Waals surface area contributed by atoms with E-state index in [2.05, 4.69) is 16.0 Å². The van der Waals surface area contributed by atoms with E-state index in [0.717, 1.165) is 0 Å². The predicted octanol–water partition coefficient (Wildman–Crippen LogP) is 0.542. The van der Waals surface area contributed by atoms with E-state index in [0.29, 0.717) is 13.0 Å². The quantitative estimate of drug-likeness (QED) is 0.350. The van der Waals surface area contributed by atoms with Crippen LogP contribution in [0.25, 0.3) is 0 Å². The molecule has 0 aromatic carbocycles. The van der Waals surface area contributed by atoms with Gasteiger partial charge in [-0.3, -0.25) is 19.2 Å². The molecule has 1 saturated carbocycles. The minimum absolute atomic E-state index is 0.233. The zero-order valence-corrected chi connectivity index (χ0v) is 20.2. The van der Waals surface area contributed by atoms with Crippen molar-refractivity contribution in [3.05, 3.63) is 0 Å². The first-order valence-corrected chi connectivity index (χ1v) is 11.5. The molecule has 2 aliphatic rings. The number of nitrogens with zero attached hydrogens (tertiary/aromatic N) is 1. The number of alkyl halides is 2. The van der Waals surface area contributed by atoms with Crippen LogP contribution in [-0.4, -0.2) is 71.6 Å². The van der Waals surface area contributed by atoms with Crippen molar-refractivity contribution in [3.63, 3.8) is 0 Å². The number of halogens is 2. The third-order valence-corrected chi connectivity index (χ3v) is 6.33. The number of nitrogens with two attached hydrogens (primary N) is 1. The van der Waals surface area contributed by atoms with Crippen LogP contribution in [0.1, 0.15) is 53.9 Å². The van der Waals surface area contributed by atoms with Crippen LogP contribution in [0.5, 0.6) is 0 Å².